The second-order valence-electron chi connectivity index (χ2n) is 5.61. The largest absolute Gasteiger partial charge is 0.449 e. The third-order valence-corrected chi connectivity index (χ3v) is 4.03. The number of hydrogen-bond acceptors (Lipinski definition) is 4. The molecule has 5 heteroatoms. The Hall–Kier alpha value is -3.13. The van der Waals surface area contributed by atoms with Crippen LogP contribution in [-0.4, -0.2) is 24.5 Å². The van der Waals surface area contributed by atoms with E-state index in [0.717, 1.165) is 17.7 Å². The second-order valence-corrected chi connectivity index (χ2v) is 5.61. The van der Waals surface area contributed by atoms with Crippen molar-refractivity contribution in [1.29, 1.82) is 5.26 Å². The van der Waals surface area contributed by atoms with Crippen LogP contribution in [0, 0.1) is 11.3 Å². The SMILES string of the molecule is CC(OC(=O)c1ccc(C#N)cc1)C(=O)N1CCc2ccccc21. The first-order chi connectivity index (χ1) is 11.6. The molecule has 120 valence electrons. The molecule has 1 atom stereocenters. The highest BCUT2D eigenvalue weighted by atomic mass is 16.5. The van der Waals surface area contributed by atoms with Crippen LogP contribution in [0.15, 0.2) is 48.5 Å². The maximum Gasteiger partial charge on any atom is 0.338 e. The predicted octanol–water partition coefficient (Wildman–Crippen LogP) is 2.69. The molecule has 2 aromatic rings. The number of benzene rings is 2. The standard InChI is InChI=1S/C19H16N2O3/c1-13(24-19(23)16-8-6-14(12-20)7-9-16)18(22)21-11-10-15-4-2-3-5-17(15)21/h2-9,13H,10-11H2,1H3. The van der Waals surface area contributed by atoms with E-state index in [0.29, 0.717) is 17.7 Å². The highest BCUT2D eigenvalue weighted by Gasteiger charge is 2.29. The molecule has 0 fully saturated rings. The van der Waals surface area contributed by atoms with Gasteiger partial charge in [-0.15, -0.1) is 0 Å². The van der Waals surface area contributed by atoms with Gasteiger partial charge in [0.25, 0.3) is 5.91 Å². The Kier molecular flexibility index (Phi) is 4.30. The molecule has 0 saturated carbocycles. The number of ether oxygens (including phenoxy) is 1. The second kappa shape index (κ2) is 6.55. The van der Waals surface area contributed by atoms with Gasteiger partial charge >= 0.3 is 5.97 Å². The molecule has 0 N–H and O–H groups in total. The number of fused-ring (bicyclic) bond motifs is 1. The van der Waals surface area contributed by atoms with E-state index in [-0.39, 0.29) is 5.91 Å². The van der Waals surface area contributed by atoms with E-state index in [1.807, 2.05) is 30.3 Å². The first-order valence-electron chi connectivity index (χ1n) is 7.70. The smallest absolute Gasteiger partial charge is 0.338 e. The number of carbonyl (C=O) groups is 2. The molecule has 1 amide bonds. The zero-order chi connectivity index (χ0) is 17.1. The highest BCUT2D eigenvalue weighted by Crippen LogP contribution is 2.28. The number of rotatable bonds is 3. The number of amides is 1. The van der Waals surface area contributed by atoms with E-state index in [4.69, 9.17) is 10.00 Å². The zero-order valence-electron chi connectivity index (χ0n) is 13.2. The normalized spacial score (nSPS) is 13.8. The van der Waals surface area contributed by atoms with Gasteiger partial charge in [-0.3, -0.25) is 4.79 Å². The summed E-state index contributed by atoms with van der Waals surface area (Å²) >= 11 is 0. The number of anilines is 1. The zero-order valence-corrected chi connectivity index (χ0v) is 13.2. The van der Waals surface area contributed by atoms with Gasteiger partial charge in [-0.1, -0.05) is 18.2 Å². The van der Waals surface area contributed by atoms with Gasteiger partial charge in [0.1, 0.15) is 0 Å². The lowest BCUT2D eigenvalue weighted by Gasteiger charge is -2.21. The Bertz CT molecular complexity index is 821. The summed E-state index contributed by atoms with van der Waals surface area (Å²) in [4.78, 5) is 26.4. The molecule has 24 heavy (non-hydrogen) atoms. The van der Waals surface area contributed by atoms with Gasteiger partial charge in [-0.05, 0) is 49.2 Å². The lowest BCUT2D eigenvalue weighted by Crippen LogP contribution is -2.39. The maximum absolute atomic E-state index is 12.6. The van der Waals surface area contributed by atoms with Crippen molar-refractivity contribution < 1.29 is 14.3 Å². The molecular weight excluding hydrogens is 304 g/mol. The Morgan fingerprint density at radius 2 is 1.88 bits per heavy atom. The molecule has 0 spiro atoms. The van der Waals surface area contributed by atoms with E-state index >= 15 is 0 Å². The molecular formula is C19H16N2O3. The van der Waals surface area contributed by atoms with Crippen molar-refractivity contribution in [2.24, 2.45) is 0 Å². The van der Waals surface area contributed by atoms with Crippen molar-refractivity contribution in [1.82, 2.24) is 0 Å². The number of esters is 1. The van der Waals surface area contributed by atoms with Crippen LogP contribution in [0.2, 0.25) is 0 Å². The predicted molar refractivity (Wildman–Crippen MR) is 88.5 cm³/mol. The van der Waals surface area contributed by atoms with Gasteiger partial charge in [0, 0.05) is 12.2 Å². The fourth-order valence-electron chi connectivity index (χ4n) is 2.75. The first-order valence-corrected chi connectivity index (χ1v) is 7.70. The third-order valence-electron chi connectivity index (χ3n) is 4.03. The number of nitrogens with zero attached hydrogens (tertiary/aromatic N) is 2. The molecule has 1 unspecified atom stereocenters. The number of hydrogen-bond donors (Lipinski definition) is 0. The summed E-state index contributed by atoms with van der Waals surface area (Å²) in [6.45, 7) is 2.17. The van der Waals surface area contributed by atoms with Crippen molar-refractivity contribution in [3.63, 3.8) is 0 Å². The van der Waals surface area contributed by atoms with E-state index in [1.165, 1.54) is 12.1 Å². The summed E-state index contributed by atoms with van der Waals surface area (Å²) in [7, 11) is 0. The monoisotopic (exact) mass is 320 g/mol. The van der Waals surface area contributed by atoms with Gasteiger partial charge in [0.05, 0.1) is 17.2 Å². The van der Waals surface area contributed by atoms with Gasteiger partial charge in [0.15, 0.2) is 6.10 Å². The van der Waals surface area contributed by atoms with Crippen LogP contribution >= 0.6 is 0 Å². The minimum Gasteiger partial charge on any atom is -0.449 e. The molecule has 0 saturated heterocycles. The summed E-state index contributed by atoms with van der Waals surface area (Å²) in [5.74, 6) is -0.810. The van der Waals surface area contributed by atoms with Crippen molar-refractivity contribution in [2.45, 2.75) is 19.4 Å². The molecule has 0 bridgehead atoms. The fraction of sp³-hybridized carbons (Fsp3) is 0.211. The summed E-state index contributed by atoms with van der Waals surface area (Å²) in [6, 6.07) is 15.8. The maximum atomic E-state index is 12.6. The first kappa shape index (κ1) is 15.8. The molecule has 2 aromatic carbocycles. The Balaban J connectivity index is 1.68. The van der Waals surface area contributed by atoms with Gasteiger partial charge in [0.2, 0.25) is 0 Å². The van der Waals surface area contributed by atoms with Crippen molar-refractivity contribution in [3.05, 3.63) is 65.2 Å². The highest BCUT2D eigenvalue weighted by molar-refractivity contribution is 6.00. The number of carbonyl (C=O) groups excluding carboxylic acids is 2. The molecule has 5 nitrogen and oxygen atoms in total. The average Bonchev–Trinajstić information content (AvgIpc) is 3.05. The van der Waals surface area contributed by atoms with E-state index < -0.39 is 12.1 Å². The summed E-state index contributed by atoms with van der Waals surface area (Å²) < 4.78 is 5.29. The summed E-state index contributed by atoms with van der Waals surface area (Å²) in [6.07, 6.45) is -0.0719. The van der Waals surface area contributed by atoms with E-state index in [9.17, 15) is 9.59 Å². The van der Waals surface area contributed by atoms with Gasteiger partial charge < -0.3 is 9.64 Å². The van der Waals surface area contributed by atoms with Gasteiger partial charge in [-0.2, -0.15) is 5.26 Å². The fourth-order valence-corrected chi connectivity index (χ4v) is 2.75. The minimum absolute atomic E-state index is 0.234. The van der Waals surface area contributed by atoms with Crippen LogP contribution < -0.4 is 4.90 Å². The summed E-state index contributed by atoms with van der Waals surface area (Å²) in [5.41, 5.74) is 2.78. The average molecular weight is 320 g/mol. The van der Waals surface area contributed by atoms with E-state index in [2.05, 4.69) is 0 Å². The van der Waals surface area contributed by atoms with Crippen LogP contribution in [0.25, 0.3) is 0 Å². The summed E-state index contributed by atoms with van der Waals surface area (Å²) in [5, 5.41) is 8.77. The Morgan fingerprint density at radius 1 is 1.17 bits per heavy atom. The van der Waals surface area contributed by atoms with Crippen molar-refractivity contribution in [3.8, 4) is 6.07 Å². The van der Waals surface area contributed by atoms with Gasteiger partial charge in [-0.25, -0.2) is 4.79 Å². The van der Waals surface area contributed by atoms with Crippen molar-refractivity contribution in [2.75, 3.05) is 11.4 Å². The Labute approximate surface area is 140 Å². The third kappa shape index (κ3) is 2.99. The number of nitriles is 1. The molecule has 0 radical (unpaired) electrons. The Morgan fingerprint density at radius 3 is 2.58 bits per heavy atom. The van der Waals surface area contributed by atoms with Crippen LogP contribution in [-0.2, 0) is 16.0 Å². The minimum atomic E-state index is -0.876. The molecule has 3 rings (SSSR count). The number of para-hydroxylation sites is 1. The lowest BCUT2D eigenvalue weighted by molar-refractivity contribution is -0.126. The molecule has 1 aliphatic heterocycles. The molecule has 1 heterocycles. The lowest BCUT2D eigenvalue weighted by atomic mass is 10.1. The van der Waals surface area contributed by atoms with Crippen LogP contribution in [0.4, 0.5) is 5.69 Å². The van der Waals surface area contributed by atoms with Crippen molar-refractivity contribution >= 4 is 17.6 Å². The van der Waals surface area contributed by atoms with Crippen LogP contribution in [0.5, 0.6) is 0 Å². The quantitative estimate of drug-likeness (QED) is 0.815. The molecule has 0 aliphatic carbocycles. The molecule has 1 aliphatic rings. The molecule has 0 aromatic heterocycles. The van der Waals surface area contributed by atoms with E-state index in [1.54, 1.807) is 24.0 Å². The topological polar surface area (TPSA) is 70.4 Å². The van der Waals surface area contributed by atoms with Crippen LogP contribution in [0.1, 0.15) is 28.4 Å². The van der Waals surface area contributed by atoms with Crippen LogP contribution in [0.3, 0.4) is 0 Å².